The van der Waals surface area contributed by atoms with Gasteiger partial charge in [-0.25, -0.2) is 8.78 Å². The molecule has 0 aromatic heterocycles. The highest BCUT2D eigenvalue weighted by molar-refractivity contribution is 6.30. The van der Waals surface area contributed by atoms with Gasteiger partial charge in [-0.3, -0.25) is 0 Å². The highest BCUT2D eigenvalue weighted by atomic mass is 35.5. The summed E-state index contributed by atoms with van der Waals surface area (Å²) in [5.41, 5.74) is 0.585. The van der Waals surface area contributed by atoms with Gasteiger partial charge in [0.15, 0.2) is 11.6 Å². The summed E-state index contributed by atoms with van der Waals surface area (Å²) < 4.78 is 27.1. The number of benzene rings is 2. The maximum atomic E-state index is 13.7. The minimum Gasteiger partial charge on any atom is -0.384 e. The molecule has 0 radical (unpaired) electrons. The van der Waals surface area contributed by atoms with Crippen molar-refractivity contribution in [2.75, 3.05) is 0 Å². The summed E-state index contributed by atoms with van der Waals surface area (Å²) in [6, 6.07) is 9.14. The molecule has 18 heavy (non-hydrogen) atoms. The number of rotatable bonds is 2. The van der Waals surface area contributed by atoms with Gasteiger partial charge >= 0.3 is 0 Å². The molecule has 0 bridgehead atoms. The lowest BCUT2D eigenvalue weighted by molar-refractivity contribution is 0.213. The molecule has 4 heteroatoms. The summed E-state index contributed by atoms with van der Waals surface area (Å²) in [6.45, 7) is 1.47. The van der Waals surface area contributed by atoms with Gasteiger partial charge in [0.1, 0.15) is 6.10 Å². The molecule has 2 aromatic carbocycles. The Kier molecular flexibility index (Phi) is 3.64. The number of hydrogen-bond acceptors (Lipinski definition) is 1. The third-order valence-corrected chi connectivity index (χ3v) is 3.04. The fourth-order valence-corrected chi connectivity index (χ4v) is 1.82. The van der Waals surface area contributed by atoms with Crippen molar-refractivity contribution in [3.05, 3.63) is 69.7 Å². The van der Waals surface area contributed by atoms with Gasteiger partial charge in [-0.2, -0.15) is 0 Å². The van der Waals surface area contributed by atoms with Crippen molar-refractivity contribution in [1.29, 1.82) is 0 Å². The average molecular weight is 269 g/mol. The lowest BCUT2D eigenvalue weighted by atomic mass is 9.99. The van der Waals surface area contributed by atoms with Gasteiger partial charge in [0.2, 0.25) is 0 Å². The van der Waals surface area contributed by atoms with E-state index >= 15 is 0 Å². The molecule has 0 spiro atoms. The van der Waals surface area contributed by atoms with E-state index < -0.39 is 17.7 Å². The lowest BCUT2D eigenvalue weighted by Gasteiger charge is -2.13. The summed E-state index contributed by atoms with van der Waals surface area (Å²) in [7, 11) is 0. The Morgan fingerprint density at radius 3 is 2.22 bits per heavy atom. The topological polar surface area (TPSA) is 20.2 Å². The zero-order valence-electron chi connectivity index (χ0n) is 9.62. The Morgan fingerprint density at radius 1 is 1.00 bits per heavy atom. The second-order valence-electron chi connectivity index (χ2n) is 4.05. The van der Waals surface area contributed by atoms with Crippen molar-refractivity contribution in [2.45, 2.75) is 13.0 Å². The molecule has 1 nitrogen and oxygen atoms in total. The first kappa shape index (κ1) is 13.0. The maximum absolute atomic E-state index is 13.7. The van der Waals surface area contributed by atoms with Crippen LogP contribution in [0.4, 0.5) is 8.78 Å². The van der Waals surface area contributed by atoms with Crippen molar-refractivity contribution >= 4 is 11.6 Å². The van der Waals surface area contributed by atoms with Crippen LogP contribution in [0.5, 0.6) is 0 Å². The van der Waals surface area contributed by atoms with Gasteiger partial charge in [0.05, 0.1) is 0 Å². The SMILES string of the molecule is Cc1ccc(C(O)c2ccc(Cl)cc2)c(F)c1F. The molecule has 0 aliphatic carbocycles. The Hall–Kier alpha value is -1.45. The normalized spacial score (nSPS) is 12.5. The molecule has 0 aliphatic rings. The molecule has 94 valence electrons. The van der Waals surface area contributed by atoms with Crippen molar-refractivity contribution in [3.8, 4) is 0 Å². The van der Waals surface area contributed by atoms with E-state index in [1.165, 1.54) is 19.1 Å². The van der Waals surface area contributed by atoms with Gasteiger partial charge in [-0.1, -0.05) is 35.9 Å². The molecule has 0 heterocycles. The summed E-state index contributed by atoms with van der Waals surface area (Å²) in [6.07, 6.45) is -1.21. The summed E-state index contributed by atoms with van der Waals surface area (Å²) in [5.74, 6) is -1.95. The number of aliphatic hydroxyl groups is 1. The van der Waals surface area contributed by atoms with E-state index in [0.29, 0.717) is 10.6 Å². The number of aryl methyl sites for hydroxylation is 1. The second-order valence-corrected chi connectivity index (χ2v) is 4.49. The van der Waals surface area contributed by atoms with E-state index in [1.807, 2.05) is 0 Å². The Bertz CT molecular complexity index is 567. The number of halogens is 3. The van der Waals surface area contributed by atoms with Crippen molar-refractivity contribution in [2.24, 2.45) is 0 Å². The molecule has 0 saturated carbocycles. The number of aliphatic hydroxyl groups excluding tert-OH is 1. The van der Waals surface area contributed by atoms with Gasteiger partial charge < -0.3 is 5.11 Å². The zero-order valence-corrected chi connectivity index (χ0v) is 10.4. The van der Waals surface area contributed by atoms with Crippen LogP contribution in [0.25, 0.3) is 0 Å². The molecule has 0 aliphatic heterocycles. The molecule has 0 fully saturated rings. The van der Waals surface area contributed by atoms with Gasteiger partial charge in [0, 0.05) is 10.6 Å². The average Bonchev–Trinajstić information content (AvgIpc) is 2.36. The Balaban J connectivity index is 2.43. The predicted molar refractivity (Wildman–Crippen MR) is 66.6 cm³/mol. The van der Waals surface area contributed by atoms with Crippen LogP contribution in [0.2, 0.25) is 5.02 Å². The molecule has 2 rings (SSSR count). The van der Waals surface area contributed by atoms with E-state index in [0.717, 1.165) is 0 Å². The lowest BCUT2D eigenvalue weighted by Crippen LogP contribution is -2.05. The highest BCUT2D eigenvalue weighted by Gasteiger charge is 2.18. The molecule has 1 atom stereocenters. The first-order valence-corrected chi connectivity index (χ1v) is 5.76. The first-order chi connectivity index (χ1) is 8.50. The van der Waals surface area contributed by atoms with E-state index in [9.17, 15) is 13.9 Å². The highest BCUT2D eigenvalue weighted by Crippen LogP contribution is 2.27. The Morgan fingerprint density at radius 2 is 1.61 bits per heavy atom. The van der Waals surface area contributed by atoms with Crippen LogP contribution < -0.4 is 0 Å². The van der Waals surface area contributed by atoms with Crippen LogP contribution in [0.3, 0.4) is 0 Å². The standard InChI is InChI=1S/C14H11ClF2O/c1-8-2-7-11(13(17)12(8)16)14(18)9-3-5-10(15)6-4-9/h2-7,14,18H,1H3. The third-order valence-electron chi connectivity index (χ3n) is 2.79. The molecular formula is C14H11ClF2O. The fraction of sp³-hybridized carbons (Fsp3) is 0.143. The predicted octanol–water partition coefficient (Wildman–Crippen LogP) is 4.01. The molecular weight excluding hydrogens is 258 g/mol. The molecule has 2 aromatic rings. The maximum Gasteiger partial charge on any atom is 0.165 e. The van der Waals surface area contributed by atoms with Crippen LogP contribution in [-0.2, 0) is 0 Å². The van der Waals surface area contributed by atoms with Crippen LogP contribution in [0, 0.1) is 18.6 Å². The van der Waals surface area contributed by atoms with Crippen LogP contribution in [0.15, 0.2) is 36.4 Å². The summed E-state index contributed by atoms with van der Waals surface area (Å²) in [4.78, 5) is 0. The quantitative estimate of drug-likeness (QED) is 0.873. The molecule has 1 unspecified atom stereocenters. The molecule has 1 N–H and O–H groups in total. The smallest absolute Gasteiger partial charge is 0.165 e. The largest absolute Gasteiger partial charge is 0.384 e. The third kappa shape index (κ3) is 2.37. The van der Waals surface area contributed by atoms with E-state index in [2.05, 4.69) is 0 Å². The molecule has 0 amide bonds. The second kappa shape index (κ2) is 5.04. The number of hydrogen-bond donors (Lipinski definition) is 1. The minimum atomic E-state index is -1.21. The van der Waals surface area contributed by atoms with Gasteiger partial charge in [-0.05, 0) is 30.2 Å². The summed E-state index contributed by atoms with van der Waals surface area (Å²) >= 11 is 5.72. The zero-order chi connectivity index (χ0) is 13.3. The Labute approximate surface area is 109 Å². The van der Waals surface area contributed by atoms with E-state index in [1.54, 1.807) is 24.3 Å². The van der Waals surface area contributed by atoms with Gasteiger partial charge in [-0.15, -0.1) is 0 Å². The van der Waals surface area contributed by atoms with Gasteiger partial charge in [0.25, 0.3) is 0 Å². The van der Waals surface area contributed by atoms with Crippen LogP contribution in [0.1, 0.15) is 22.8 Å². The van der Waals surface area contributed by atoms with Crippen LogP contribution >= 0.6 is 11.6 Å². The van der Waals surface area contributed by atoms with Crippen molar-refractivity contribution in [3.63, 3.8) is 0 Å². The van der Waals surface area contributed by atoms with Crippen molar-refractivity contribution < 1.29 is 13.9 Å². The van der Waals surface area contributed by atoms with Crippen molar-refractivity contribution in [1.82, 2.24) is 0 Å². The fourth-order valence-electron chi connectivity index (χ4n) is 1.70. The monoisotopic (exact) mass is 268 g/mol. The van der Waals surface area contributed by atoms with E-state index in [4.69, 9.17) is 11.6 Å². The summed E-state index contributed by atoms with van der Waals surface area (Å²) in [5, 5.41) is 10.5. The minimum absolute atomic E-state index is 0.0829. The first-order valence-electron chi connectivity index (χ1n) is 5.38. The van der Waals surface area contributed by atoms with Crippen LogP contribution in [-0.4, -0.2) is 5.11 Å². The molecule has 0 saturated heterocycles. The van der Waals surface area contributed by atoms with E-state index in [-0.39, 0.29) is 11.1 Å².